The summed E-state index contributed by atoms with van der Waals surface area (Å²) in [5.41, 5.74) is 4.81. The maximum Gasteiger partial charge on any atom is 0.291 e. The highest BCUT2D eigenvalue weighted by atomic mass is 16.5. The highest BCUT2D eigenvalue weighted by Gasteiger charge is 2.26. The van der Waals surface area contributed by atoms with Crippen molar-refractivity contribution in [2.24, 2.45) is 0 Å². The van der Waals surface area contributed by atoms with E-state index in [0.29, 0.717) is 29.3 Å². The number of amides is 2. The molecular weight excluding hydrogens is 368 g/mol. The molecule has 0 unspecified atom stereocenters. The van der Waals surface area contributed by atoms with E-state index in [0.717, 1.165) is 22.1 Å². The molecule has 0 radical (unpaired) electrons. The molecule has 2 aromatic carbocycles. The zero-order chi connectivity index (χ0) is 20.7. The number of carbonyl (C=O) groups is 2. The number of furan rings is 1. The SMILES string of the molecule is C=CCN1C(=O)COc2ccc(NC(=O)c3oc4cc(C)cc(C)c4c3C)cc21. The minimum atomic E-state index is -0.339. The standard InChI is InChI=1S/C23H22N2O4/c1-5-8-25-17-11-16(6-7-18(17)28-12-20(25)26)24-23(27)22-15(4)21-14(3)9-13(2)10-19(21)29-22/h5-7,9-11H,1,8,12H2,2-4H3,(H,24,27). The van der Waals surface area contributed by atoms with Crippen LogP contribution in [0.15, 0.2) is 47.4 Å². The Morgan fingerprint density at radius 2 is 2.03 bits per heavy atom. The number of carbonyl (C=O) groups excluding carboxylic acids is 2. The normalized spacial score (nSPS) is 13.2. The second-order valence-corrected chi connectivity index (χ2v) is 7.23. The zero-order valence-corrected chi connectivity index (χ0v) is 16.7. The Bertz CT molecular complexity index is 1160. The van der Waals surface area contributed by atoms with Crippen molar-refractivity contribution < 1.29 is 18.7 Å². The maximum absolute atomic E-state index is 12.9. The predicted molar refractivity (Wildman–Crippen MR) is 113 cm³/mol. The molecule has 1 aliphatic rings. The van der Waals surface area contributed by atoms with Gasteiger partial charge in [0.15, 0.2) is 12.4 Å². The Hall–Kier alpha value is -3.54. The van der Waals surface area contributed by atoms with Gasteiger partial charge in [-0.1, -0.05) is 12.1 Å². The number of hydrogen-bond donors (Lipinski definition) is 1. The number of benzene rings is 2. The van der Waals surface area contributed by atoms with Gasteiger partial charge >= 0.3 is 0 Å². The van der Waals surface area contributed by atoms with E-state index in [-0.39, 0.29) is 24.2 Å². The fourth-order valence-electron chi connectivity index (χ4n) is 3.80. The van der Waals surface area contributed by atoms with Crippen LogP contribution in [0.25, 0.3) is 11.0 Å². The van der Waals surface area contributed by atoms with Crippen LogP contribution in [0.2, 0.25) is 0 Å². The highest BCUT2D eigenvalue weighted by molar-refractivity contribution is 6.07. The van der Waals surface area contributed by atoms with Crippen molar-refractivity contribution in [1.29, 1.82) is 0 Å². The van der Waals surface area contributed by atoms with Crippen LogP contribution in [0.3, 0.4) is 0 Å². The molecule has 6 nitrogen and oxygen atoms in total. The van der Waals surface area contributed by atoms with Crippen molar-refractivity contribution in [3.05, 3.63) is 65.4 Å². The van der Waals surface area contributed by atoms with Crippen LogP contribution in [0, 0.1) is 20.8 Å². The fourth-order valence-corrected chi connectivity index (χ4v) is 3.80. The van der Waals surface area contributed by atoms with Gasteiger partial charge in [0.2, 0.25) is 0 Å². The Kier molecular flexibility index (Phi) is 4.62. The summed E-state index contributed by atoms with van der Waals surface area (Å²) in [5.74, 6) is 0.381. The number of nitrogens with zero attached hydrogens (tertiary/aromatic N) is 1. The molecule has 0 spiro atoms. The van der Waals surface area contributed by atoms with Crippen LogP contribution in [0.4, 0.5) is 11.4 Å². The number of nitrogens with one attached hydrogen (secondary N) is 1. The average molecular weight is 390 g/mol. The second kappa shape index (κ2) is 7.13. The number of rotatable bonds is 4. The van der Waals surface area contributed by atoms with E-state index in [1.807, 2.05) is 26.8 Å². The molecular formula is C23H22N2O4. The smallest absolute Gasteiger partial charge is 0.291 e. The molecule has 1 N–H and O–H groups in total. The van der Waals surface area contributed by atoms with Gasteiger partial charge in [-0.3, -0.25) is 9.59 Å². The summed E-state index contributed by atoms with van der Waals surface area (Å²) in [4.78, 5) is 26.6. The molecule has 0 saturated heterocycles. The number of aryl methyl sites for hydroxylation is 3. The van der Waals surface area contributed by atoms with Crippen LogP contribution >= 0.6 is 0 Å². The first-order valence-electron chi connectivity index (χ1n) is 9.39. The Balaban J connectivity index is 1.67. The van der Waals surface area contributed by atoms with Crippen LogP contribution in [-0.2, 0) is 4.79 Å². The minimum absolute atomic E-state index is 0.0104. The molecule has 2 heterocycles. The summed E-state index contributed by atoms with van der Waals surface area (Å²) in [7, 11) is 0. The van der Waals surface area contributed by atoms with Gasteiger partial charge in [-0.05, 0) is 56.2 Å². The third-order valence-electron chi connectivity index (χ3n) is 5.05. The first kappa shape index (κ1) is 18.8. The lowest BCUT2D eigenvalue weighted by Crippen LogP contribution is -2.38. The molecule has 4 rings (SSSR count). The van der Waals surface area contributed by atoms with Crippen molar-refractivity contribution in [1.82, 2.24) is 0 Å². The number of ether oxygens (including phenoxy) is 1. The second-order valence-electron chi connectivity index (χ2n) is 7.23. The molecule has 0 bridgehead atoms. The van der Waals surface area contributed by atoms with Gasteiger partial charge < -0.3 is 19.4 Å². The van der Waals surface area contributed by atoms with E-state index in [4.69, 9.17) is 9.15 Å². The number of anilines is 2. The lowest BCUT2D eigenvalue weighted by Gasteiger charge is -2.28. The largest absolute Gasteiger partial charge is 0.482 e. The fraction of sp³-hybridized carbons (Fsp3) is 0.217. The Labute approximate surface area is 168 Å². The molecule has 0 saturated carbocycles. The lowest BCUT2D eigenvalue weighted by atomic mass is 10.0. The zero-order valence-electron chi connectivity index (χ0n) is 16.7. The van der Waals surface area contributed by atoms with Gasteiger partial charge in [0.05, 0.1) is 5.69 Å². The summed E-state index contributed by atoms with van der Waals surface area (Å²) < 4.78 is 11.4. The lowest BCUT2D eigenvalue weighted by molar-refractivity contribution is -0.121. The van der Waals surface area contributed by atoms with Gasteiger partial charge in [0, 0.05) is 23.2 Å². The van der Waals surface area contributed by atoms with E-state index in [9.17, 15) is 9.59 Å². The van der Waals surface area contributed by atoms with Crippen molar-refractivity contribution >= 4 is 34.2 Å². The third-order valence-corrected chi connectivity index (χ3v) is 5.05. The molecule has 1 aromatic heterocycles. The topological polar surface area (TPSA) is 71.8 Å². The molecule has 6 heteroatoms. The first-order chi connectivity index (χ1) is 13.9. The summed E-state index contributed by atoms with van der Waals surface area (Å²) in [6.07, 6.45) is 1.65. The van der Waals surface area contributed by atoms with Crippen LogP contribution in [0.5, 0.6) is 5.75 Å². The molecule has 2 amide bonds. The van der Waals surface area contributed by atoms with E-state index >= 15 is 0 Å². The summed E-state index contributed by atoms with van der Waals surface area (Å²) in [6.45, 7) is 9.94. The van der Waals surface area contributed by atoms with Gasteiger partial charge in [-0.2, -0.15) is 0 Å². The highest BCUT2D eigenvalue weighted by Crippen LogP contribution is 2.35. The van der Waals surface area contributed by atoms with Gasteiger partial charge in [-0.15, -0.1) is 6.58 Å². The molecule has 3 aromatic rings. The van der Waals surface area contributed by atoms with Crippen LogP contribution in [-0.4, -0.2) is 25.0 Å². The molecule has 0 atom stereocenters. The van der Waals surface area contributed by atoms with Gasteiger partial charge in [0.1, 0.15) is 11.3 Å². The van der Waals surface area contributed by atoms with Crippen molar-refractivity contribution in [2.75, 3.05) is 23.4 Å². The van der Waals surface area contributed by atoms with E-state index in [1.54, 1.807) is 29.2 Å². The first-order valence-corrected chi connectivity index (χ1v) is 9.39. The summed E-state index contributed by atoms with van der Waals surface area (Å²) >= 11 is 0. The van der Waals surface area contributed by atoms with Crippen molar-refractivity contribution in [3.8, 4) is 5.75 Å². The number of hydrogen-bond acceptors (Lipinski definition) is 4. The van der Waals surface area contributed by atoms with E-state index in [2.05, 4.69) is 18.0 Å². The minimum Gasteiger partial charge on any atom is -0.482 e. The van der Waals surface area contributed by atoms with E-state index < -0.39 is 0 Å². The molecule has 0 aliphatic carbocycles. The van der Waals surface area contributed by atoms with Crippen LogP contribution in [0.1, 0.15) is 27.2 Å². The molecule has 29 heavy (non-hydrogen) atoms. The van der Waals surface area contributed by atoms with Gasteiger partial charge in [-0.25, -0.2) is 0 Å². The van der Waals surface area contributed by atoms with E-state index in [1.165, 1.54) is 0 Å². The van der Waals surface area contributed by atoms with Crippen molar-refractivity contribution in [3.63, 3.8) is 0 Å². The summed E-state index contributed by atoms with van der Waals surface area (Å²) in [6, 6.07) is 9.21. The maximum atomic E-state index is 12.9. The summed E-state index contributed by atoms with van der Waals surface area (Å²) in [5, 5.41) is 3.83. The Morgan fingerprint density at radius 1 is 1.24 bits per heavy atom. The predicted octanol–water partition coefficient (Wildman–Crippen LogP) is 4.52. The molecule has 148 valence electrons. The molecule has 1 aliphatic heterocycles. The van der Waals surface area contributed by atoms with Gasteiger partial charge in [0.25, 0.3) is 11.8 Å². The van der Waals surface area contributed by atoms with Crippen LogP contribution < -0.4 is 15.0 Å². The number of fused-ring (bicyclic) bond motifs is 2. The third kappa shape index (κ3) is 3.27. The Morgan fingerprint density at radius 3 is 2.79 bits per heavy atom. The quantitative estimate of drug-likeness (QED) is 0.665. The van der Waals surface area contributed by atoms with Crippen molar-refractivity contribution in [2.45, 2.75) is 20.8 Å². The molecule has 0 fully saturated rings. The monoisotopic (exact) mass is 390 g/mol. The average Bonchev–Trinajstić information content (AvgIpc) is 3.01.